The molecule has 21 heavy (non-hydrogen) atoms. The second-order valence-electron chi connectivity index (χ2n) is 3.98. The zero-order valence-corrected chi connectivity index (χ0v) is 13.2. The van der Waals surface area contributed by atoms with E-state index in [1.807, 2.05) is 0 Å². The van der Waals surface area contributed by atoms with E-state index in [1.165, 1.54) is 22.7 Å². The van der Waals surface area contributed by atoms with Gasteiger partial charge in [-0.05, 0) is 0 Å². The van der Waals surface area contributed by atoms with Gasteiger partial charge in [0.25, 0.3) is 0 Å². The lowest BCUT2D eigenvalue weighted by atomic mass is 10.5. The zero-order chi connectivity index (χ0) is 15.2. The number of hydrogen-bond acceptors (Lipinski definition) is 8. The second-order valence-corrected chi connectivity index (χ2v) is 6.11. The van der Waals surface area contributed by atoms with Crippen molar-refractivity contribution in [2.75, 3.05) is 10.6 Å². The van der Waals surface area contributed by atoms with E-state index in [0.717, 1.165) is 10.0 Å². The molecule has 8 nitrogen and oxygen atoms in total. The van der Waals surface area contributed by atoms with Crippen LogP contribution >= 0.6 is 22.7 Å². The average Bonchev–Trinajstić information content (AvgIpc) is 3.09. The van der Waals surface area contributed by atoms with Gasteiger partial charge in [-0.15, -0.1) is 20.4 Å². The molecule has 0 aliphatic heterocycles. The summed E-state index contributed by atoms with van der Waals surface area (Å²) in [6.45, 7) is 3.54. The number of nitrogens with zero attached hydrogens (tertiary/aromatic N) is 4. The number of amides is 2. The first-order chi connectivity index (χ1) is 10.1. The minimum absolute atomic E-state index is 0.0989. The maximum atomic E-state index is 11.3. The van der Waals surface area contributed by atoms with Gasteiger partial charge in [0.15, 0.2) is 0 Å². The van der Waals surface area contributed by atoms with E-state index in [2.05, 4.69) is 31.0 Å². The summed E-state index contributed by atoms with van der Waals surface area (Å²) in [4.78, 5) is 22.5. The topological polar surface area (TPSA) is 110 Å². The molecule has 2 N–H and O–H groups in total. The highest BCUT2D eigenvalue weighted by atomic mass is 32.1. The molecule has 2 rings (SSSR count). The molecule has 2 aromatic rings. The van der Waals surface area contributed by atoms with Crippen LogP contribution in [0.2, 0.25) is 0 Å². The Hall–Kier alpha value is -1.94. The van der Waals surface area contributed by atoms with Gasteiger partial charge in [-0.3, -0.25) is 9.59 Å². The van der Waals surface area contributed by atoms with E-state index in [4.69, 9.17) is 0 Å². The number of carbonyl (C=O) groups excluding carboxylic acids is 2. The van der Waals surface area contributed by atoms with Crippen LogP contribution in [0.1, 0.15) is 36.7 Å². The van der Waals surface area contributed by atoms with Gasteiger partial charge in [-0.2, -0.15) is 0 Å². The summed E-state index contributed by atoms with van der Waals surface area (Å²) in [5, 5.41) is 23.5. The normalized spacial score (nSPS) is 10.4. The Kier molecular flexibility index (Phi) is 5.28. The quantitative estimate of drug-likeness (QED) is 0.835. The zero-order valence-electron chi connectivity index (χ0n) is 11.5. The van der Waals surface area contributed by atoms with Crippen molar-refractivity contribution in [3.05, 3.63) is 10.0 Å². The van der Waals surface area contributed by atoms with Gasteiger partial charge in [0.1, 0.15) is 10.0 Å². The summed E-state index contributed by atoms with van der Waals surface area (Å²) in [6.07, 6.45) is 1.26. The number of aromatic nitrogens is 4. The largest absolute Gasteiger partial charge is 0.301 e. The minimum atomic E-state index is -0.0989. The van der Waals surface area contributed by atoms with Crippen LogP contribution in [-0.2, 0) is 16.0 Å². The smallest absolute Gasteiger partial charge is 0.225 e. The summed E-state index contributed by atoms with van der Waals surface area (Å²) >= 11 is 2.59. The van der Waals surface area contributed by atoms with Crippen LogP contribution in [0, 0.1) is 0 Å². The van der Waals surface area contributed by atoms with Crippen molar-refractivity contribution in [1.82, 2.24) is 20.4 Å². The van der Waals surface area contributed by atoms with Gasteiger partial charge in [0.2, 0.25) is 22.1 Å². The SMILES string of the molecule is CCC(=O)Nc1nnc(Cc2nnc(NC(=O)CC)s2)s1. The minimum Gasteiger partial charge on any atom is -0.301 e. The lowest BCUT2D eigenvalue weighted by Crippen LogP contribution is -2.08. The molecule has 0 atom stereocenters. The highest BCUT2D eigenvalue weighted by molar-refractivity contribution is 7.16. The molecule has 2 amide bonds. The highest BCUT2D eigenvalue weighted by Gasteiger charge is 2.11. The Morgan fingerprint density at radius 3 is 1.67 bits per heavy atom. The fourth-order valence-electron chi connectivity index (χ4n) is 1.30. The number of nitrogens with one attached hydrogen (secondary N) is 2. The third kappa shape index (κ3) is 4.53. The second kappa shape index (κ2) is 7.18. The third-order valence-corrected chi connectivity index (χ3v) is 4.05. The van der Waals surface area contributed by atoms with Gasteiger partial charge >= 0.3 is 0 Å². The Morgan fingerprint density at radius 2 is 1.29 bits per heavy atom. The number of rotatable bonds is 6. The van der Waals surface area contributed by atoms with E-state index >= 15 is 0 Å². The Balaban J connectivity index is 1.95. The van der Waals surface area contributed by atoms with E-state index in [1.54, 1.807) is 13.8 Å². The first kappa shape index (κ1) is 15.4. The van der Waals surface area contributed by atoms with Crippen molar-refractivity contribution >= 4 is 44.8 Å². The van der Waals surface area contributed by atoms with Crippen LogP contribution in [0.25, 0.3) is 0 Å². The van der Waals surface area contributed by atoms with Crippen molar-refractivity contribution in [1.29, 1.82) is 0 Å². The van der Waals surface area contributed by atoms with Crippen molar-refractivity contribution in [2.24, 2.45) is 0 Å². The lowest BCUT2D eigenvalue weighted by Gasteiger charge is -1.94. The maximum Gasteiger partial charge on any atom is 0.225 e. The monoisotopic (exact) mass is 326 g/mol. The molecule has 0 aliphatic rings. The van der Waals surface area contributed by atoms with Crippen molar-refractivity contribution < 1.29 is 9.59 Å². The van der Waals surface area contributed by atoms with E-state index < -0.39 is 0 Å². The lowest BCUT2D eigenvalue weighted by molar-refractivity contribution is -0.116. The average molecular weight is 326 g/mol. The summed E-state index contributed by atoms with van der Waals surface area (Å²) in [6, 6.07) is 0. The molecule has 0 unspecified atom stereocenters. The molecule has 112 valence electrons. The maximum absolute atomic E-state index is 11.3. The van der Waals surface area contributed by atoms with Crippen molar-refractivity contribution in [3.8, 4) is 0 Å². The predicted molar refractivity (Wildman–Crippen MR) is 80.5 cm³/mol. The molecule has 0 saturated carbocycles. The van der Waals surface area contributed by atoms with E-state index in [0.29, 0.717) is 29.5 Å². The summed E-state index contributed by atoms with van der Waals surface area (Å²) < 4.78 is 0. The summed E-state index contributed by atoms with van der Waals surface area (Å²) in [7, 11) is 0. The molecule has 0 aliphatic carbocycles. The van der Waals surface area contributed by atoms with E-state index in [-0.39, 0.29) is 11.8 Å². The molecule has 2 heterocycles. The van der Waals surface area contributed by atoms with Crippen LogP contribution in [0.4, 0.5) is 10.3 Å². The van der Waals surface area contributed by atoms with Crippen LogP contribution in [0.5, 0.6) is 0 Å². The molecule has 0 aromatic carbocycles. The van der Waals surface area contributed by atoms with Gasteiger partial charge in [-0.25, -0.2) is 0 Å². The molecule has 2 aromatic heterocycles. The fourth-order valence-corrected chi connectivity index (χ4v) is 2.91. The Bertz CT molecular complexity index is 584. The third-order valence-electron chi connectivity index (χ3n) is 2.37. The van der Waals surface area contributed by atoms with Gasteiger partial charge in [0.05, 0.1) is 6.42 Å². The Morgan fingerprint density at radius 1 is 0.857 bits per heavy atom. The standard InChI is InChI=1S/C11H14N6O2S2/c1-3-6(18)12-10-16-14-8(20-10)5-9-15-17-11(21-9)13-7(19)4-2/h3-5H2,1-2H3,(H,12,16,18)(H,13,17,19). The molecule has 0 saturated heterocycles. The van der Waals surface area contributed by atoms with E-state index in [9.17, 15) is 9.59 Å². The molecule has 0 fully saturated rings. The molecule has 10 heteroatoms. The molecular formula is C11H14N6O2S2. The van der Waals surface area contributed by atoms with Crippen LogP contribution in [-0.4, -0.2) is 32.2 Å². The van der Waals surface area contributed by atoms with Gasteiger partial charge in [0, 0.05) is 12.8 Å². The van der Waals surface area contributed by atoms with Gasteiger partial charge in [-0.1, -0.05) is 36.5 Å². The molecule has 0 bridgehead atoms. The number of carbonyl (C=O) groups is 2. The van der Waals surface area contributed by atoms with Gasteiger partial charge < -0.3 is 10.6 Å². The first-order valence-electron chi connectivity index (χ1n) is 6.35. The highest BCUT2D eigenvalue weighted by Crippen LogP contribution is 2.22. The number of hydrogen-bond donors (Lipinski definition) is 2. The first-order valence-corrected chi connectivity index (χ1v) is 7.98. The van der Waals surface area contributed by atoms with Crippen LogP contribution in [0.3, 0.4) is 0 Å². The number of anilines is 2. The van der Waals surface area contributed by atoms with Crippen molar-refractivity contribution in [3.63, 3.8) is 0 Å². The van der Waals surface area contributed by atoms with Crippen molar-refractivity contribution in [2.45, 2.75) is 33.1 Å². The summed E-state index contributed by atoms with van der Waals surface area (Å²) in [5.74, 6) is -0.198. The van der Waals surface area contributed by atoms with Crippen LogP contribution < -0.4 is 10.6 Å². The summed E-state index contributed by atoms with van der Waals surface area (Å²) in [5.41, 5.74) is 0. The molecular weight excluding hydrogens is 312 g/mol. The predicted octanol–water partition coefficient (Wildman–Crippen LogP) is 1.68. The van der Waals surface area contributed by atoms with Crippen LogP contribution in [0.15, 0.2) is 0 Å². The molecule has 0 spiro atoms. The fraction of sp³-hybridized carbons (Fsp3) is 0.455. The Labute approximate surface area is 129 Å². The molecule has 0 radical (unpaired) electrons.